The summed E-state index contributed by atoms with van der Waals surface area (Å²) < 4.78 is 5.86. The number of carbonyl (C=O) groups excluding carboxylic acids is 2. The number of anilines is 1. The number of nitrogens with zero attached hydrogens (tertiary/aromatic N) is 1. The number of aliphatic hydroxyl groups excluding tert-OH is 1. The van der Waals surface area contributed by atoms with Crippen molar-refractivity contribution in [1.29, 1.82) is 0 Å². The fraction of sp³-hybridized carbons (Fsp3) is 0.222. The molecule has 3 atom stereocenters. The Hall–Kier alpha value is -3.81. The van der Waals surface area contributed by atoms with Crippen LogP contribution in [0.2, 0.25) is 0 Å². The smallest absolute Gasteiger partial charge is 0.227 e. The summed E-state index contributed by atoms with van der Waals surface area (Å²) in [5.41, 5.74) is 3.68. The van der Waals surface area contributed by atoms with Crippen LogP contribution in [-0.2, 0) is 20.7 Å². The van der Waals surface area contributed by atoms with Crippen LogP contribution in [0.25, 0.3) is 11.1 Å². The van der Waals surface area contributed by atoms with E-state index in [1.54, 1.807) is 30.6 Å². The number of hydrogen-bond donors (Lipinski definition) is 3. The second-order valence-corrected chi connectivity index (χ2v) is 8.11. The van der Waals surface area contributed by atoms with Gasteiger partial charge in [0.05, 0.1) is 31.6 Å². The van der Waals surface area contributed by atoms with E-state index < -0.39 is 18.2 Å². The van der Waals surface area contributed by atoms with E-state index >= 15 is 0 Å². The lowest BCUT2D eigenvalue weighted by molar-refractivity contribution is -0.125. The summed E-state index contributed by atoms with van der Waals surface area (Å²) in [5, 5.41) is 15.5. The van der Waals surface area contributed by atoms with Crippen molar-refractivity contribution in [2.45, 2.75) is 31.1 Å². The highest BCUT2D eigenvalue weighted by Gasteiger charge is 2.29. The molecule has 1 aromatic heterocycles. The molecule has 0 unspecified atom stereocenters. The van der Waals surface area contributed by atoms with E-state index in [1.165, 1.54) is 0 Å². The molecule has 34 heavy (non-hydrogen) atoms. The molecule has 3 aromatic rings. The summed E-state index contributed by atoms with van der Waals surface area (Å²) in [4.78, 5) is 28.9. The Morgan fingerprint density at radius 1 is 0.912 bits per heavy atom. The number of carbonyl (C=O) groups is 2. The van der Waals surface area contributed by atoms with Gasteiger partial charge in [0.1, 0.15) is 6.10 Å². The Kier molecular flexibility index (Phi) is 7.80. The number of aromatic nitrogens is 1. The number of pyridine rings is 1. The molecule has 7 nitrogen and oxygen atoms in total. The zero-order valence-electron chi connectivity index (χ0n) is 18.6. The molecule has 0 saturated heterocycles. The van der Waals surface area contributed by atoms with Crippen LogP contribution in [0.15, 0.2) is 91.3 Å². The maximum atomic E-state index is 12.5. The second kappa shape index (κ2) is 11.4. The molecule has 0 spiro atoms. The lowest BCUT2D eigenvalue weighted by Gasteiger charge is -2.31. The first kappa shape index (κ1) is 23.4. The Balaban J connectivity index is 1.29. The summed E-state index contributed by atoms with van der Waals surface area (Å²) in [6.45, 7) is -0.277. The highest BCUT2D eigenvalue weighted by molar-refractivity contribution is 5.91. The predicted molar refractivity (Wildman–Crippen MR) is 130 cm³/mol. The molecule has 0 saturated carbocycles. The van der Waals surface area contributed by atoms with Crippen LogP contribution >= 0.6 is 0 Å². The van der Waals surface area contributed by atoms with Crippen molar-refractivity contribution >= 4 is 17.5 Å². The van der Waals surface area contributed by atoms with Gasteiger partial charge in [0.2, 0.25) is 11.8 Å². The third-order valence-electron chi connectivity index (χ3n) is 5.54. The zero-order chi connectivity index (χ0) is 23.8. The summed E-state index contributed by atoms with van der Waals surface area (Å²) in [7, 11) is 0. The SMILES string of the molecule is O=C(C[C@@H]1C=C[C@H](NC(=O)Cc2cccnc2)[C@H](CO)O1)Nc1ccc(-c2ccccc2)cc1. The molecule has 2 amide bonds. The molecule has 2 heterocycles. The van der Waals surface area contributed by atoms with E-state index in [0.29, 0.717) is 5.69 Å². The number of hydrogen-bond acceptors (Lipinski definition) is 5. The number of nitrogens with one attached hydrogen (secondary N) is 2. The third-order valence-corrected chi connectivity index (χ3v) is 5.54. The van der Waals surface area contributed by atoms with Crippen LogP contribution in [-0.4, -0.2) is 46.8 Å². The Morgan fingerprint density at radius 3 is 2.38 bits per heavy atom. The van der Waals surface area contributed by atoms with E-state index in [2.05, 4.69) is 15.6 Å². The Morgan fingerprint density at radius 2 is 1.68 bits per heavy atom. The largest absolute Gasteiger partial charge is 0.394 e. The van der Waals surface area contributed by atoms with Gasteiger partial charge in [0, 0.05) is 18.1 Å². The maximum absolute atomic E-state index is 12.5. The van der Waals surface area contributed by atoms with Crippen LogP contribution < -0.4 is 10.6 Å². The monoisotopic (exact) mass is 457 g/mol. The van der Waals surface area contributed by atoms with Crippen LogP contribution in [0.1, 0.15) is 12.0 Å². The molecule has 1 aliphatic heterocycles. The van der Waals surface area contributed by atoms with Gasteiger partial charge in [-0.05, 0) is 34.9 Å². The van der Waals surface area contributed by atoms with Crippen molar-refractivity contribution in [3.8, 4) is 11.1 Å². The first-order valence-electron chi connectivity index (χ1n) is 11.2. The predicted octanol–water partition coefficient (Wildman–Crippen LogP) is 3.12. The average molecular weight is 458 g/mol. The van der Waals surface area contributed by atoms with Crippen molar-refractivity contribution in [2.75, 3.05) is 11.9 Å². The molecule has 2 aromatic carbocycles. The van der Waals surface area contributed by atoms with Crippen molar-refractivity contribution in [3.63, 3.8) is 0 Å². The van der Waals surface area contributed by atoms with Crippen LogP contribution in [0.5, 0.6) is 0 Å². The van der Waals surface area contributed by atoms with Crippen molar-refractivity contribution in [1.82, 2.24) is 10.3 Å². The van der Waals surface area contributed by atoms with E-state index in [9.17, 15) is 14.7 Å². The highest BCUT2D eigenvalue weighted by atomic mass is 16.5. The van der Waals surface area contributed by atoms with Gasteiger partial charge >= 0.3 is 0 Å². The molecule has 0 bridgehead atoms. The summed E-state index contributed by atoms with van der Waals surface area (Å²) in [6.07, 6.45) is 5.97. The lowest BCUT2D eigenvalue weighted by Crippen LogP contribution is -2.49. The fourth-order valence-electron chi connectivity index (χ4n) is 3.83. The van der Waals surface area contributed by atoms with E-state index in [4.69, 9.17) is 4.74 Å². The van der Waals surface area contributed by atoms with Gasteiger partial charge in [-0.2, -0.15) is 0 Å². The molecule has 1 aliphatic rings. The molecule has 0 fully saturated rings. The maximum Gasteiger partial charge on any atom is 0.227 e. The average Bonchev–Trinajstić information content (AvgIpc) is 2.86. The van der Waals surface area contributed by atoms with E-state index in [0.717, 1.165) is 16.7 Å². The lowest BCUT2D eigenvalue weighted by atomic mass is 10.0. The van der Waals surface area contributed by atoms with Gasteiger partial charge < -0.3 is 20.5 Å². The highest BCUT2D eigenvalue weighted by Crippen LogP contribution is 2.22. The number of ether oxygens (including phenoxy) is 1. The first-order chi connectivity index (χ1) is 16.6. The number of aliphatic hydroxyl groups is 1. The van der Waals surface area contributed by atoms with Crippen molar-refractivity contribution in [2.24, 2.45) is 0 Å². The first-order valence-corrected chi connectivity index (χ1v) is 11.2. The standard InChI is InChI=1S/C27H27N3O4/c31-18-25-24(30-26(32)15-19-5-4-14-28-17-19)13-12-23(34-25)16-27(33)29-22-10-8-21(9-11-22)20-6-2-1-3-7-20/h1-14,17,23-25,31H,15-16,18H2,(H,29,33)(H,30,32)/t23-,24-,25-/m0/s1. The van der Waals surface area contributed by atoms with Gasteiger partial charge in [-0.15, -0.1) is 0 Å². The van der Waals surface area contributed by atoms with Crippen molar-refractivity contribution < 1.29 is 19.4 Å². The van der Waals surface area contributed by atoms with Gasteiger partial charge in [-0.1, -0.05) is 60.7 Å². The van der Waals surface area contributed by atoms with Gasteiger partial charge in [-0.3, -0.25) is 14.6 Å². The molecule has 0 aliphatic carbocycles. The normalized spacial score (nSPS) is 19.4. The number of benzene rings is 2. The summed E-state index contributed by atoms with van der Waals surface area (Å²) >= 11 is 0. The minimum atomic E-state index is -0.634. The quantitative estimate of drug-likeness (QED) is 0.451. The molecular formula is C27H27N3O4. The minimum absolute atomic E-state index is 0.101. The van der Waals surface area contributed by atoms with E-state index in [1.807, 2.05) is 60.7 Å². The van der Waals surface area contributed by atoms with Gasteiger partial charge in [-0.25, -0.2) is 0 Å². The third kappa shape index (κ3) is 6.37. The molecule has 3 N–H and O–H groups in total. The Labute approximate surface area is 198 Å². The molecule has 4 rings (SSSR count). The number of amides is 2. The van der Waals surface area contributed by atoms with Crippen molar-refractivity contribution in [3.05, 3.63) is 96.8 Å². The minimum Gasteiger partial charge on any atom is -0.394 e. The van der Waals surface area contributed by atoms with Gasteiger partial charge in [0.25, 0.3) is 0 Å². The summed E-state index contributed by atoms with van der Waals surface area (Å²) in [6, 6.07) is 20.8. The van der Waals surface area contributed by atoms with Gasteiger partial charge in [0.15, 0.2) is 0 Å². The molecule has 7 heteroatoms. The van der Waals surface area contributed by atoms with Crippen LogP contribution in [0.3, 0.4) is 0 Å². The Bertz CT molecular complexity index is 1120. The topological polar surface area (TPSA) is 101 Å². The summed E-state index contributed by atoms with van der Waals surface area (Å²) in [5.74, 6) is -0.391. The fourth-order valence-corrected chi connectivity index (χ4v) is 3.83. The molecular weight excluding hydrogens is 430 g/mol. The zero-order valence-corrected chi connectivity index (χ0v) is 18.6. The molecule has 0 radical (unpaired) electrons. The molecule has 174 valence electrons. The van der Waals surface area contributed by atoms with Crippen LogP contribution in [0.4, 0.5) is 5.69 Å². The van der Waals surface area contributed by atoms with E-state index in [-0.39, 0.29) is 31.3 Å². The van der Waals surface area contributed by atoms with Crippen LogP contribution in [0, 0.1) is 0 Å². The second-order valence-electron chi connectivity index (χ2n) is 8.11. The number of rotatable bonds is 8.